The van der Waals surface area contributed by atoms with Crippen molar-refractivity contribution in [2.45, 2.75) is 19.8 Å². The van der Waals surface area contributed by atoms with Crippen LogP contribution in [0.5, 0.6) is 0 Å². The van der Waals surface area contributed by atoms with E-state index in [0.29, 0.717) is 38.6 Å². The molecule has 2 heterocycles. The third-order valence-electron chi connectivity index (χ3n) is 4.97. The Morgan fingerprint density at radius 2 is 1.75 bits per heavy atom. The molecule has 0 aliphatic carbocycles. The van der Waals surface area contributed by atoms with Crippen molar-refractivity contribution in [2.24, 2.45) is 0 Å². The minimum atomic E-state index is -0.516. The van der Waals surface area contributed by atoms with Gasteiger partial charge in [0.2, 0.25) is 5.91 Å². The molecule has 0 saturated carbocycles. The average molecular weight is 460 g/mol. The number of benzene rings is 1. The molecule has 32 heavy (non-hydrogen) atoms. The molecule has 2 aromatic rings. The summed E-state index contributed by atoms with van der Waals surface area (Å²) in [4.78, 5) is 48.6. The molecule has 1 aromatic heterocycles. The van der Waals surface area contributed by atoms with E-state index >= 15 is 0 Å². The molecule has 9 nitrogen and oxygen atoms in total. The van der Waals surface area contributed by atoms with Crippen molar-refractivity contribution in [3.8, 4) is 11.4 Å². The fourth-order valence-corrected chi connectivity index (χ4v) is 3.33. The third-order valence-corrected chi connectivity index (χ3v) is 5.17. The average Bonchev–Trinajstić information content (AvgIpc) is 2.82. The number of unbranched alkanes of at least 4 members (excludes halogenated alkanes) is 1. The molecule has 1 aliphatic rings. The Labute approximate surface area is 191 Å². The van der Waals surface area contributed by atoms with Gasteiger partial charge in [-0.15, -0.1) is 0 Å². The minimum Gasteiger partial charge on any atom is -0.449 e. The first-order valence-electron chi connectivity index (χ1n) is 10.6. The Hall–Kier alpha value is -3.20. The van der Waals surface area contributed by atoms with E-state index in [1.807, 2.05) is 37.3 Å². The second-order valence-electron chi connectivity index (χ2n) is 7.28. The Balaban J connectivity index is 1.50. The molecule has 3 rings (SSSR count). The third kappa shape index (κ3) is 6.40. The first kappa shape index (κ1) is 23.5. The van der Waals surface area contributed by atoms with E-state index in [1.54, 1.807) is 9.80 Å². The van der Waals surface area contributed by atoms with Gasteiger partial charge in [0, 0.05) is 37.8 Å². The van der Waals surface area contributed by atoms with E-state index in [4.69, 9.17) is 16.3 Å². The maximum Gasteiger partial charge on any atom is 0.409 e. The molecule has 1 N–H and O–H groups in total. The van der Waals surface area contributed by atoms with E-state index < -0.39 is 5.91 Å². The number of nitrogens with one attached hydrogen (secondary N) is 1. The Morgan fingerprint density at radius 1 is 1.06 bits per heavy atom. The van der Waals surface area contributed by atoms with Gasteiger partial charge in [0.1, 0.15) is 10.8 Å². The molecule has 10 heteroatoms. The molecular formula is C22H26ClN5O4. The van der Waals surface area contributed by atoms with E-state index in [1.165, 1.54) is 6.07 Å². The van der Waals surface area contributed by atoms with Crippen LogP contribution in [0.3, 0.4) is 0 Å². The van der Waals surface area contributed by atoms with Crippen LogP contribution in [0.1, 0.15) is 30.3 Å². The first-order valence-corrected chi connectivity index (χ1v) is 10.9. The number of halogens is 1. The zero-order valence-electron chi connectivity index (χ0n) is 17.9. The molecule has 0 unspecified atom stereocenters. The predicted octanol–water partition coefficient (Wildman–Crippen LogP) is 2.61. The highest BCUT2D eigenvalue weighted by Crippen LogP contribution is 2.17. The van der Waals surface area contributed by atoms with Crippen molar-refractivity contribution in [3.63, 3.8) is 0 Å². The van der Waals surface area contributed by atoms with Crippen molar-refractivity contribution in [1.29, 1.82) is 0 Å². The zero-order chi connectivity index (χ0) is 22.9. The van der Waals surface area contributed by atoms with Crippen LogP contribution in [-0.2, 0) is 9.53 Å². The van der Waals surface area contributed by atoms with Crippen molar-refractivity contribution in [2.75, 3.05) is 39.3 Å². The standard InChI is InChI=1S/C22H26ClN5O4/c1-2-3-13-32-22(31)28-11-9-27(10-12-28)19(29)15-24-21(30)17-14-18(23)26-20(25-17)16-7-5-4-6-8-16/h4-8,14H,2-3,9-13,15H2,1H3,(H,24,30). The number of carbonyl (C=O) groups is 3. The van der Waals surface area contributed by atoms with Crippen LogP contribution >= 0.6 is 11.6 Å². The lowest BCUT2D eigenvalue weighted by Crippen LogP contribution is -2.52. The van der Waals surface area contributed by atoms with Gasteiger partial charge in [-0.2, -0.15) is 0 Å². The summed E-state index contributed by atoms with van der Waals surface area (Å²) in [5.41, 5.74) is 0.808. The molecule has 0 atom stereocenters. The Kier molecular flexibility index (Phi) is 8.38. The van der Waals surface area contributed by atoms with Gasteiger partial charge in [0.15, 0.2) is 5.82 Å². The summed E-state index contributed by atoms with van der Waals surface area (Å²) >= 11 is 6.06. The van der Waals surface area contributed by atoms with E-state index in [2.05, 4.69) is 15.3 Å². The maximum absolute atomic E-state index is 12.5. The number of rotatable bonds is 7. The highest BCUT2D eigenvalue weighted by atomic mass is 35.5. The summed E-state index contributed by atoms with van der Waals surface area (Å²) in [6, 6.07) is 10.5. The van der Waals surface area contributed by atoms with E-state index in [0.717, 1.165) is 18.4 Å². The largest absolute Gasteiger partial charge is 0.449 e. The zero-order valence-corrected chi connectivity index (χ0v) is 18.7. The predicted molar refractivity (Wildman–Crippen MR) is 119 cm³/mol. The van der Waals surface area contributed by atoms with Crippen molar-refractivity contribution in [3.05, 3.63) is 47.2 Å². The maximum atomic E-state index is 12.5. The molecule has 0 bridgehead atoms. The second kappa shape index (κ2) is 11.4. The summed E-state index contributed by atoms with van der Waals surface area (Å²) in [7, 11) is 0. The molecule has 1 aliphatic heterocycles. The van der Waals surface area contributed by atoms with Gasteiger partial charge in [0.05, 0.1) is 13.2 Å². The molecule has 0 radical (unpaired) electrons. The lowest BCUT2D eigenvalue weighted by atomic mass is 10.2. The van der Waals surface area contributed by atoms with Crippen LogP contribution in [0.25, 0.3) is 11.4 Å². The van der Waals surface area contributed by atoms with Gasteiger partial charge in [-0.3, -0.25) is 9.59 Å². The number of aromatic nitrogens is 2. The molecule has 1 aromatic carbocycles. The highest BCUT2D eigenvalue weighted by Gasteiger charge is 2.25. The number of hydrogen-bond acceptors (Lipinski definition) is 6. The smallest absolute Gasteiger partial charge is 0.409 e. The van der Waals surface area contributed by atoms with Crippen LogP contribution in [-0.4, -0.2) is 77.0 Å². The van der Waals surface area contributed by atoms with E-state index in [9.17, 15) is 14.4 Å². The molecule has 1 saturated heterocycles. The molecule has 3 amide bonds. The summed E-state index contributed by atoms with van der Waals surface area (Å²) in [6.45, 7) is 3.81. The number of carbonyl (C=O) groups excluding carboxylic acids is 3. The van der Waals surface area contributed by atoms with Crippen LogP contribution in [0.4, 0.5) is 4.79 Å². The number of amides is 3. The molecular weight excluding hydrogens is 434 g/mol. The molecule has 0 spiro atoms. The summed E-state index contributed by atoms with van der Waals surface area (Å²) in [5, 5.41) is 2.72. The fourth-order valence-electron chi connectivity index (χ4n) is 3.14. The normalized spacial score (nSPS) is 13.6. The highest BCUT2D eigenvalue weighted by molar-refractivity contribution is 6.29. The minimum absolute atomic E-state index is 0.0799. The molecule has 170 valence electrons. The molecule has 1 fully saturated rings. The number of piperazine rings is 1. The second-order valence-corrected chi connectivity index (χ2v) is 7.67. The summed E-state index contributed by atoms with van der Waals surface area (Å²) in [5.74, 6) is -0.421. The monoisotopic (exact) mass is 459 g/mol. The van der Waals surface area contributed by atoms with Crippen molar-refractivity contribution in [1.82, 2.24) is 25.1 Å². The van der Waals surface area contributed by atoms with E-state index in [-0.39, 0.29) is 29.4 Å². The van der Waals surface area contributed by atoms with Crippen LogP contribution < -0.4 is 5.32 Å². The fraction of sp³-hybridized carbons (Fsp3) is 0.409. The topological polar surface area (TPSA) is 105 Å². The summed E-state index contributed by atoms with van der Waals surface area (Å²) < 4.78 is 5.20. The number of hydrogen-bond donors (Lipinski definition) is 1. The Morgan fingerprint density at radius 3 is 2.44 bits per heavy atom. The van der Waals surface area contributed by atoms with Gasteiger partial charge >= 0.3 is 6.09 Å². The van der Waals surface area contributed by atoms with Gasteiger partial charge in [-0.05, 0) is 6.42 Å². The van der Waals surface area contributed by atoms with Gasteiger partial charge < -0.3 is 19.9 Å². The van der Waals surface area contributed by atoms with Gasteiger partial charge in [-0.25, -0.2) is 14.8 Å². The van der Waals surface area contributed by atoms with Crippen molar-refractivity contribution < 1.29 is 19.1 Å². The van der Waals surface area contributed by atoms with Crippen LogP contribution in [0.15, 0.2) is 36.4 Å². The number of nitrogens with zero attached hydrogens (tertiary/aromatic N) is 4. The van der Waals surface area contributed by atoms with Crippen LogP contribution in [0.2, 0.25) is 5.15 Å². The van der Waals surface area contributed by atoms with Gasteiger partial charge in [-0.1, -0.05) is 55.3 Å². The van der Waals surface area contributed by atoms with Crippen LogP contribution in [0, 0.1) is 0 Å². The lowest BCUT2D eigenvalue weighted by molar-refractivity contribution is -0.131. The Bertz CT molecular complexity index is 949. The van der Waals surface area contributed by atoms with Crippen molar-refractivity contribution >= 4 is 29.5 Å². The SMILES string of the molecule is CCCCOC(=O)N1CCN(C(=O)CNC(=O)c2cc(Cl)nc(-c3ccccc3)n2)CC1. The summed E-state index contributed by atoms with van der Waals surface area (Å²) in [6.07, 6.45) is 1.43. The number of ether oxygens (including phenoxy) is 1. The lowest BCUT2D eigenvalue weighted by Gasteiger charge is -2.34. The van der Waals surface area contributed by atoms with Gasteiger partial charge in [0.25, 0.3) is 5.91 Å². The first-order chi connectivity index (χ1) is 15.5. The quantitative estimate of drug-likeness (QED) is 0.504.